The molecule has 0 amide bonds. The van der Waals surface area contributed by atoms with Gasteiger partial charge in [-0.15, -0.1) is 0 Å². The molecule has 49 heavy (non-hydrogen) atoms. The first-order valence-electron chi connectivity index (χ1n) is 17.0. The molecule has 0 saturated heterocycles. The molecule has 234 valence electrons. The Bertz CT molecular complexity index is 2270. The van der Waals surface area contributed by atoms with E-state index in [1.165, 1.54) is 50.5 Å². The largest absolute Gasteiger partial charge is 0.383 e. The lowest BCUT2D eigenvalue weighted by Crippen LogP contribution is -2.41. The summed E-state index contributed by atoms with van der Waals surface area (Å²) < 4.78 is 0. The maximum absolute atomic E-state index is 9.01. The molecular formula is C46H35N3. The van der Waals surface area contributed by atoms with E-state index in [9.17, 15) is 0 Å². The van der Waals surface area contributed by atoms with Crippen LogP contribution < -0.4 is 10.2 Å². The van der Waals surface area contributed by atoms with E-state index in [1.54, 1.807) is 0 Å². The van der Waals surface area contributed by atoms with E-state index in [1.807, 2.05) is 36.4 Å². The number of anilines is 3. The Morgan fingerprint density at radius 3 is 1.92 bits per heavy atom. The molecule has 3 nitrogen and oxygen atoms in total. The first kappa shape index (κ1) is 29.0. The van der Waals surface area contributed by atoms with Gasteiger partial charge < -0.3 is 15.6 Å². The van der Waals surface area contributed by atoms with Crippen molar-refractivity contribution in [3.05, 3.63) is 221 Å². The van der Waals surface area contributed by atoms with Gasteiger partial charge in [0.1, 0.15) is 0 Å². The van der Waals surface area contributed by atoms with E-state index in [0.717, 1.165) is 28.9 Å². The van der Waals surface area contributed by atoms with Gasteiger partial charge >= 0.3 is 0 Å². The Balaban J connectivity index is 1.25. The van der Waals surface area contributed by atoms with Crippen LogP contribution in [0.25, 0.3) is 11.1 Å². The second-order valence-corrected chi connectivity index (χ2v) is 12.9. The van der Waals surface area contributed by atoms with Gasteiger partial charge in [-0.05, 0) is 81.3 Å². The number of fused-ring (bicyclic) bond motifs is 8. The van der Waals surface area contributed by atoms with Crippen molar-refractivity contribution in [2.45, 2.75) is 11.8 Å². The fraction of sp³-hybridized carbons (Fsp3) is 0.0652. The Hall–Kier alpha value is -6.19. The van der Waals surface area contributed by atoms with E-state index in [2.05, 4.69) is 150 Å². The van der Waals surface area contributed by atoms with E-state index in [4.69, 9.17) is 5.41 Å². The standard InChI is InChI=1S/C46H35N3/c47-42(34-17-6-2-7-18-34)31-35(33-15-4-1-5-16-33)29-32-26-27-37-38-21-14-28-48-45(38)46(41(37)30-32)39-22-10-12-24-43(39)49(36-19-8-3-9-20-36)44-25-13-11-23-40(44)46/h1-27,30-31,47-48H,28-29H2/b35-31+,47-42?. The molecule has 0 atom stereocenters. The van der Waals surface area contributed by atoms with Crippen LogP contribution in [-0.2, 0) is 11.8 Å². The highest BCUT2D eigenvalue weighted by molar-refractivity contribution is 6.10. The molecule has 0 radical (unpaired) electrons. The van der Waals surface area contributed by atoms with Crippen molar-refractivity contribution in [2.75, 3.05) is 11.4 Å². The number of benzene rings is 6. The quantitative estimate of drug-likeness (QED) is 0.180. The third-order valence-corrected chi connectivity index (χ3v) is 10.2. The minimum Gasteiger partial charge on any atom is -0.383 e. The van der Waals surface area contributed by atoms with Crippen molar-refractivity contribution >= 4 is 33.9 Å². The Kier molecular flexibility index (Phi) is 6.98. The van der Waals surface area contributed by atoms with Crippen molar-refractivity contribution in [3.63, 3.8) is 0 Å². The molecule has 0 unspecified atom stereocenters. The van der Waals surface area contributed by atoms with Crippen LogP contribution in [0.5, 0.6) is 0 Å². The SMILES string of the molecule is N=C(/C=C(\Cc1ccc2c(c1)C1(C3=C2C=CCN3)c2ccccc2N(c2ccccc2)c2ccccc21)c1ccccc1)c1ccccc1. The van der Waals surface area contributed by atoms with Gasteiger partial charge in [0.2, 0.25) is 0 Å². The highest BCUT2D eigenvalue weighted by atomic mass is 15.2. The number of rotatable bonds is 6. The van der Waals surface area contributed by atoms with Crippen LogP contribution in [0.2, 0.25) is 0 Å². The first-order chi connectivity index (χ1) is 24.2. The highest BCUT2D eigenvalue weighted by Crippen LogP contribution is 2.62. The third-order valence-electron chi connectivity index (χ3n) is 10.2. The molecular weight excluding hydrogens is 595 g/mol. The van der Waals surface area contributed by atoms with E-state index in [-0.39, 0.29) is 0 Å². The number of nitrogens with zero attached hydrogens (tertiary/aromatic N) is 1. The smallest absolute Gasteiger partial charge is 0.0901 e. The lowest BCUT2D eigenvalue weighted by atomic mass is 9.65. The molecule has 2 aliphatic heterocycles. The van der Waals surface area contributed by atoms with Crippen LogP contribution in [0.15, 0.2) is 182 Å². The van der Waals surface area contributed by atoms with Crippen LogP contribution in [0, 0.1) is 5.41 Å². The van der Waals surface area contributed by atoms with Gasteiger partial charge in [-0.25, -0.2) is 0 Å². The van der Waals surface area contributed by atoms with Gasteiger partial charge in [0.15, 0.2) is 0 Å². The summed E-state index contributed by atoms with van der Waals surface area (Å²) in [4.78, 5) is 2.42. The first-order valence-corrected chi connectivity index (χ1v) is 17.0. The number of para-hydroxylation sites is 3. The maximum Gasteiger partial charge on any atom is 0.0901 e. The zero-order chi connectivity index (χ0) is 32.8. The van der Waals surface area contributed by atoms with Crippen molar-refractivity contribution < 1.29 is 0 Å². The van der Waals surface area contributed by atoms with E-state index in [0.29, 0.717) is 12.1 Å². The monoisotopic (exact) mass is 629 g/mol. The summed E-state index contributed by atoms with van der Waals surface area (Å²) in [7, 11) is 0. The van der Waals surface area contributed by atoms with Crippen LogP contribution in [0.4, 0.5) is 17.1 Å². The zero-order valence-corrected chi connectivity index (χ0v) is 27.1. The number of hydrogen-bond donors (Lipinski definition) is 2. The highest BCUT2D eigenvalue weighted by Gasteiger charge is 2.53. The van der Waals surface area contributed by atoms with Crippen molar-refractivity contribution in [3.8, 4) is 0 Å². The Morgan fingerprint density at radius 2 is 1.24 bits per heavy atom. The molecule has 0 fully saturated rings. The van der Waals surface area contributed by atoms with E-state index >= 15 is 0 Å². The molecule has 1 aliphatic carbocycles. The van der Waals surface area contributed by atoms with Crippen LogP contribution in [0.3, 0.4) is 0 Å². The molecule has 3 heteroatoms. The average molecular weight is 630 g/mol. The molecule has 3 aliphatic rings. The van der Waals surface area contributed by atoms with E-state index < -0.39 is 5.41 Å². The lowest BCUT2D eigenvalue weighted by Gasteiger charge is -2.46. The summed E-state index contributed by atoms with van der Waals surface area (Å²) in [5.74, 6) is 0. The zero-order valence-electron chi connectivity index (χ0n) is 27.1. The third kappa shape index (κ3) is 4.62. The minimum absolute atomic E-state index is 0.514. The number of dihydropyridines is 1. The fourth-order valence-corrected chi connectivity index (χ4v) is 8.10. The van der Waals surface area contributed by atoms with Crippen molar-refractivity contribution in [2.24, 2.45) is 0 Å². The minimum atomic E-state index is -0.517. The average Bonchev–Trinajstić information content (AvgIpc) is 3.46. The summed E-state index contributed by atoms with van der Waals surface area (Å²) in [6.07, 6.45) is 7.29. The predicted molar refractivity (Wildman–Crippen MR) is 203 cm³/mol. The van der Waals surface area contributed by atoms with Crippen molar-refractivity contribution in [1.82, 2.24) is 5.32 Å². The second kappa shape index (κ2) is 11.8. The molecule has 0 aromatic heterocycles. The number of hydrogen-bond acceptors (Lipinski definition) is 3. The molecule has 2 N–H and O–H groups in total. The second-order valence-electron chi connectivity index (χ2n) is 12.9. The topological polar surface area (TPSA) is 39.1 Å². The van der Waals surface area contributed by atoms with Gasteiger partial charge in [-0.3, -0.25) is 0 Å². The normalized spacial score (nSPS) is 15.3. The molecule has 6 aromatic rings. The molecule has 6 aromatic carbocycles. The summed E-state index contributed by atoms with van der Waals surface area (Å²) in [5.41, 5.74) is 15.5. The number of nitrogens with one attached hydrogen (secondary N) is 2. The number of allylic oxidation sites excluding steroid dienone is 5. The Morgan fingerprint density at radius 1 is 0.653 bits per heavy atom. The fourth-order valence-electron chi connectivity index (χ4n) is 8.10. The lowest BCUT2D eigenvalue weighted by molar-refractivity contribution is 0.658. The van der Waals surface area contributed by atoms with Gasteiger partial charge in [-0.2, -0.15) is 0 Å². The van der Waals surface area contributed by atoms with Crippen molar-refractivity contribution in [1.29, 1.82) is 5.41 Å². The maximum atomic E-state index is 9.01. The molecule has 2 heterocycles. The van der Waals surface area contributed by atoms with Crippen LogP contribution >= 0.6 is 0 Å². The van der Waals surface area contributed by atoms with Gasteiger partial charge in [0.25, 0.3) is 0 Å². The van der Waals surface area contributed by atoms with Gasteiger partial charge in [0.05, 0.1) is 22.5 Å². The molecule has 0 bridgehead atoms. The summed E-state index contributed by atoms with van der Waals surface area (Å²) in [5, 5.41) is 12.9. The van der Waals surface area contributed by atoms with Gasteiger partial charge in [0, 0.05) is 23.5 Å². The predicted octanol–water partition coefficient (Wildman–Crippen LogP) is 10.4. The molecule has 1 spiro atoms. The Labute approximate surface area is 287 Å². The molecule has 9 rings (SSSR count). The van der Waals surface area contributed by atoms with Crippen LogP contribution in [-0.4, -0.2) is 12.3 Å². The summed E-state index contributed by atoms with van der Waals surface area (Å²) in [6.45, 7) is 0.788. The summed E-state index contributed by atoms with van der Waals surface area (Å²) in [6, 6.07) is 56.2. The summed E-state index contributed by atoms with van der Waals surface area (Å²) >= 11 is 0. The van der Waals surface area contributed by atoms with Gasteiger partial charge in [-0.1, -0.05) is 146 Å². The molecule has 0 saturated carbocycles. The van der Waals surface area contributed by atoms with Crippen LogP contribution in [0.1, 0.15) is 38.9 Å².